The van der Waals surface area contributed by atoms with E-state index in [0.717, 1.165) is 24.9 Å². The summed E-state index contributed by atoms with van der Waals surface area (Å²) in [6.07, 6.45) is 11.7. The molecule has 1 amide bonds. The summed E-state index contributed by atoms with van der Waals surface area (Å²) in [6, 6.07) is 7.57. The Bertz CT molecular complexity index is 760. The molecule has 1 aromatic rings. The molecule has 35 heavy (non-hydrogen) atoms. The number of rotatable bonds is 17. The Morgan fingerprint density at radius 2 is 1.54 bits per heavy atom. The van der Waals surface area contributed by atoms with E-state index in [9.17, 15) is 9.59 Å². The van der Waals surface area contributed by atoms with Gasteiger partial charge in [-0.25, -0.2) is 0 Å². The number of unbranched alkanes of at least 4 members (excludes halogenated alkanes) is 7. The van der Waals surface area contributed by atoms with Crippen molar-refractivity contribution < 1.29 is 91.5 Å². The Labute approximate surface area is 260 Å². The van der Waals surface area contributed by atoms with E-state index in [1.54, 1.807) is 11.8 Å². The fourth-order valence-electron chi connectivity index (χ4n) is 3.09. The van der Waals surface area contributed by atoms with Crippen LogP contribution in [0, 0.1) is 0 Å². The van der Waals surface area contributed by atoms with Crippen molar-refractivity contribution in [3.8, 4) is 5.75 Å². The van der Waals surface area contributed by atoms with Gasteiger partial charge in [-0.1, -0.05) is 64.0 Å². The Balaban J connectivity index is -0.00000132. The van der Waals surface area contributed by atoms with Crippen LogP contribution in [0.1, 0.15) is 78.1 Å². The predicted octanol–water partition coefficient (Wildman–Crippen LogP) is -1.49. The molecule has 0 atom stereocenters. The molecule has 0 bridgehead atoms. The standard InChI is InChI=1S/C23H37NO4.2Na.H2O3S2/c1-3-5-6-7-8-9-10-13-18-24(20-25)21-15-11-12-16-22(21)28-19-14-17-23(26)27-4-2;;;1-5(2,3)4/h11-12,15-16,20H,3-10,13-14,17-19H2,1-2H3;;;(H2,1,2,3,4)/q;2*+1;/p-2. The molecule has 0 radical (unpaired) electrons. The molecule has 0 saturated heterocycles. The first-order chi connectivity index (χ1) is 15.7. The first-order valence-electron chi connectivity index (χ1n) is 11.5. The van der Waals surface area contributed by atoms with E-state index < -0.39 is 9.05 Å². The van der Waals surface area contributed by atoms with E-state index in [1.165, 1.54) is 38.5 Å². The van der Waals surface area contributed by atoms with Gasteiger partial charge in [0, 0.05) is 13.0 Å². The second kappa shape index (κ2) is 25.9. The smallest absolute Gasteiger partial charge is 0.780 e. The normalized spacial score (nSPS) is 10.1. The molecule has 0 fully saturated rings. The maximum Gasteiger partial charge on any atom is 1.00 e. The third kappa shape index (κ3) is 25.7. The van der Waals surface area contributed by atoms with Crippen LogP contribution in [0.25, 0.3) is 0 Å². The first-order valence-corrected chi connectivity index (χ1v) is 13.8. The molecule has 0 aliphatic rings. The number of anilines is 1. The van der Waals surface area contributed by atoms with Gasteiger partial charge < -0.3 is 23.5 Å². The molecular weight excluding hydrogens is 512 g/mol. The van der Waals surface area contributed by atoms with E-state index in [4.69, 9.17) is 22.8 Å². The average molecular weight is 550 g/mol. The van der Waals surface area contributed by atoms with Crippen LogP contribution in [0.5, 0.6) is 5.75 Å². The van der Waals surface area contributed by atoms with Crippen LogP contribution in [0.3, 0.4) is 0 Å². The van der Waals surface area contributed by atoms with Crippen LogP contribution >= 0.6 is 0 Å². The summed E-state index contributed by atoms with van der Waals surface area (Å²) in [5.74, 6) is 0.474. The molecule has 0 N–H and O–H groups in total. The van der Waals surface area contributed by atoms with Crippen LogP contribution < -0.4 is 68.8 Å². The zero-order valence-electron chi connectivity index (χ0n) is 21.7. The number of esters is 1. The summed E-state index contributed by atoms with van der Waals surface area (Å²) in [6.45, 7) is 5.54. The molecule has 0 spiro atoms. The molecule has 0 unspecified atom stereocenters. The summed E-state index contributed by atoms with van der Waals surface area (Å²) in [4.78, 5) is 24.7. The van der Waals surface area contributed by atoms with Gasteiger partial charge in [0.15, 0.2) is 0 Å². The van der Waals surface area contributed by atoms with Crippen molar-refractivity contribution in [3.63, 3.8) is 0 Å². The molecule has 12 heteroatoms. The van der Waals surface area contributed by atoms with E-state index in [1.807, 2.05) is 24.3 Å². The summed E-state index contributed by atoms with van der Waals surface area (Å²) >= 11 is 3.24. The van der Waals surface area contributed by atoms with Crippen molar-refractivity contribution in [2.75, 3.05) is 24.7 Å². The Morgan fingerprint density at radius 3 is 2.09 bits per heavy atom. The Morgan fingerprint density at radius 1 is 1.00 bits per heavy atom. The number of carbonyl (C=O) groups excluding carboxylic acids is 2. The predicted molar refractivity (Wildman–Crippen MR) is 131 cm³/mol. The minimum atomic E-state index is -4.33. The Hall–Kier alpha value is 0.250. The summed E-state index contributed by atoms with van der Waals surface area (Å²) in [7, 11) is -4.33. The average Bonchev–Trinajstić information content (AvgIpc) is 2.75. The molecule has 1 rings (SSSR count). The maximum atomic E-state index is 11.6. The van der Waals surface area contributed by atoms with Crippen molar-refractivity contribution >= 4 is 38.3 Å². The second-order valence-electron chi connectivity index (χ2n) is 7.41. The molecule has 190 valence electrons. The van der Waals surface area contributed by atoms with Gasteiger partial charge in [-0.3, -0.25) is 13.8 Å². The third-order valence-electron chi connectivity index (χ3n) is 4.64. The molecule has 0 aromatic heterocycles. The summed E-state index contributed by atoms with van der Waals surface area (Å²) in [5.41, 5.74) is 0.789. The minimum Gasteiger partial charge on any atom is -0.780 e. The van der Waals surface area contributed by atoms with Gasteiger partial charge in [0.05, 0.1) is 18.9 Å². The quantitative estimate of drug-likeness (QED) is 0.0999. The SMILES string of the molecule is CCCCCCCCCCN(C=O)c1ccccc1OCCCC(=O)OCC.O=S([O-])([O-])=S.[Na+].[Na+]. The van der Waals surface area contributed by atoms with Crippen LogP contribution in [0.15, 0.2) is 24.3 Å². The number of para-hydroxylation sites is 2. The maximum absolute atomic E-state index is 11.6. The molecule has 0 heterocycles. The number of nitrogens with zero attached hydrogens (tertiary/aromatic N) is 1. The summed E-state index contributed by atoms with van der Waals surface area (Å²) < 4.78 is 37.4. The molecule has 8 nitrogen and oxygen atoms in total. The molecule has 0 saturated carbocycles. The molecule has 0 aliphatic carbocycles. The van der Waals surface area contributed by atoms with E-state index in [0.29, 0.717) is 38.3 Å². The topological polar surface area (TPSA) is 119 Å². The number of carbonyl (C=O) groups is 2. The van der Waals surface area contributed by atoms with Crippen LogP contribution in [0.4, 0.5) is 5.69 Å². The van der Waals surface area contributed by atoms with Gasteiger partial charge in [-0.2, -0.15) is 0 Å². The number of hydrogen-bond acceptors (Lipinski definition) is 8. The number of hydrogen-bond donors (Lipinski definition) is 0. The van der Waals surface area contributed by atoms with Gasteiger partial charge in [0.25, 0.3) is 0 Å². The van der Waals surface area contributed by atoms with Crippen molar-refractivity contribution in [1.82, 2.24) is 0 Å². The van der Waals surface area contributed by atoms with Crippen LogP contribution in [-0.2, 0) is 34.6 Å². The van der Waals surface area contributed by atoms with Crippen molar-refractivity contribution in [2.45, 2.75) is 78.1 Å². The van der Waals surface area contributed by atoms with Crippen molar-refractivity contribution in [2.24, 2.45) is 0 Å². The van der Waals surface area contributed by atoms with Gasteiger partial charge in [-0.15, -0.1) is 9.05 Å². The molecular formula is C23H37NNa2O7S2. The fraction of sp³-hybridized carbons (Fsp3) is 0.652. The van der Waals surface area contributed by atoms with E-state index in [2.05, 4.69) is 18.1 Å². The zero-order valence-corrected chi connectivity index (χ0v) is 27.3. The van der Waals surface area contributed by atoms with Gasteiger partial charge >= 0.3 is 65.1 Å². The van der Waals surface area contributed by atoms with Crippen molar-refractivity contribution in [3.05, 3.63) is 24.3 Å². The minimum absolute atomic E-state index is 0. The number of ether oxygens (including phenoxy) is 2. The molecule has 1 aromatic carbocycles. The number of amides is 1. The zero-order chi connectivity index (χ0) is 25.0. The van der Waals surface area contributed by atoms with Crippen LogP contribution in [-0.4, -0.2) is 45.5 Å². The van der Waals surface area contributed by atoms with Gasteiger partial charge in [-0.05, 0) is 43.1 Å². The molecule has 0 aliphatic heterocycles. The van der Waals surface area contributed by atoms with Crippen LogP contribution in [0.2, 0.25) is 0 Å². The second-order valence-corrected chi connectivity index (χ2v) is 9.45. The van der Waals surface area contributed by atoms with E-state index in [-0.39, 0.29) is 65.1 Å². The third-order valence-corrected chi connectivity index (χ3v) is 4.64. The fourth-order valence-corrected chi connectivity index (χ4v) is 3.09. The number of benzene rings is 1. The summed E-state index contributed by atoms with van der Waals surface area (Å²) in [5, 5.41) is 0. The first kappa shape index (κ1) is 39.8. The Kier molecular flexibility index (Phi) is 29.4. The largest absolute Gasteiger partial charge is 1.00 e. The van der Waals surface area contributed by atoms with Crippen molar-refractivity contribution in [1.29, 1.82) is 0 Å². The van der Waals surface area contributed by atoms with Gasteiger partial charge in [0.2, 0.25) is 6.41 Å². The van der Waals surface area contributed by atoms with Gasteiger partial charge in [0.1, 0.15) is 5.75 Å². The monoisotopic (exact) mass is 549 g/mol. The van der Waals surface area contributed by atoms with E-state index >= 15 is 0 Å².